The highest BCUT2D eigenvalue weighted by Crippen LogP contribution is 2.65. The van der Waals surface area contributed by atoms with E-state index < -0.39 is 40.7 Å². The summed E-state index contributed by atoms with van der Waals surface area (Å²) in [5.74, 6) is -2.49. The fourth-order valence-corrected chi connectivity index (χ4v) is 8.40. The first kappa shape index (κ1) is 27.0. The van der Waals surface area contributed by atoms with Crippen LogP contribution in [0.4, 0.5) is 5.69 Å². The number of hydrogen-bond donors (Lipinski definition) is 3. The summed E-state index contributed by atoms with van der Waals surface area (Å²) in [6.07, 6.45) is 2.03. The maximum atomic E-state index is 14.1. The minimum Gasteiger partial charge on any atom is -0.504 e. The number of esters is 1. The number of halogens is 2. The molecule has 41 heavy (non-hydrogen) atoms. The van der Waals surface area contributed by atoms with Gasteiger partial charge in [0.15, 0.2) is 23.4 Å². The van der Waals surface area contributed by atoms with Gasteiger partial charge in [-0.15, -0.1) is 0 Å². The van der Waals surface area contributed by atoms with Crippen LogP contribution in [0.3, 0.4) is 0 Å². The number of piperidine rings is 1. The standard InChI is InChI=1S/C30H30Cl2N2O7/c1-2-40-28(38)22-18(32)10-16(31)11-19(22)33-27(37)17-12-30(39)21-9-15-5-6-20(35)25-23(15)29(30,26(41-25)24(17)36)7-8-34(21)13-14-3-4-14/h5-6,10-11,14,17,21,26,35,39H,2-4,7-9,12-13H2,1H3,(H,33,37)/t17?,21-,26+,29+,30-/m1/s1. The number of amides is 1. The molecule has 7 rings (SSSR count). The second-order valence-electron chi connectivity index (χ2n) is 11.9. The molecule has 216 valence electrons. The highest BCUT2D eigenvalue weighted by molar-refractivity contribution is 6.37. The van der Waals surface area contributed by atoms with Gasteiger partial charge in [0.2, 0.25) is 5.91 Å². The number of ketones is 1. The predicted molar refractivity (Wildman–Crippen MR) is 150 cm³/mol. The largest absolute Gasteiger partial charge is 0.504 e. The Morgan fingerprint density at radius 3 is 2.76 bits per heavy atom. The van der Waals surface area contributed by atoms with Gasteiger partial charge < -0.3 is 25.0 Å². The van der Waals surface area contributed by atoms with E-state index in [9.17, 15) is 24.6 Å². The summed E-state index contributed by atoms with van der Waals surface area (Å²) in [7, 11) is 0. The molecule has 11 heteroatoms. The average Bonchev–Trinajstić information content (AvgIpc) is 3.65. The van der Waals surface area contributed by atoms with Crippen molar-refractivity contribution in [1.29, 1.82) is 0 Å². The van der Waals surface area contributed by atoms with Gasteiger partial charge in [-0.3, -0.25) is 14.5 Å². The number of carbonyl (C=O) groups is 3. The van der Waals surface area contributed by atoms with E-state index in [0.717, 1.165) is 24.9 Å². The molecule has 0 aromatic heterocycles. The molecule has 2 heterocycles. The fourth-order valence-electron chi connectivity index (χ4n) is 7.83. The molecule has 5 aliphatic rings. The van der Waals surface area contributed by atoms with Crippen LogP contribution in [0.2, 0.25) is 10.0 Å². The average molecular weight is 601 g/mol. The van der Waals surface area contributed by atoms with Crippen LogP contribution < -0.4 is 10.1 Å². The van der Waals surface area contributed by atoms with E-state index in [-0.39, 0.29) is 51.9 Å². The van der Waals surface area contributed by atoms with Crippen LogP contribution in [-0.2, 0) is 26.2 Å². The first-order chi connectivity index (χ1) is 19.6. The summed E-state index contributed by atoms with van der Waals surface area (Å²) in [5.41, 5.74) is -0.940. The Morgan fingerprint density at radius 2 is 2.02 bits per heavy atom. The molecule has 2 aromatic carbocycles. The highest BCUT2D eigenvalue weighted by Gasteiger charge is 2.75. The molecule has 3 aliphatic carbocycles. The van der Waals surface area contributed by atoms with Crippen molar-refractivity contribution < 1.29 is 34.1 Å². The highest BCUT2D eigenvalue weighted by atomic mass is 35.5. The second kappa shape index (κ2) is 9.33. The number of nitrogens with zero attached hydrogens (tertiary/aromatic N) is 1. The molecule has 3 fully saturated rings. The summed E-state index contributed by atoms with van der Waals surface area (Å²) in [6, 6.07) is 5.85. The molecule has 2 bridgehead atoms. The summed E-state index contributed by atoms with van der Waals surface area (Å²) < 4.78 is 11.3. The number of benzene rings is 2. The van der Waals surface area contributed by atoms with Crippen molar-refractivity contribution in [3.63, 3.8) is 0 Å². The number of nitrogens with one attached hydrogen (secondary N) is 1. The second-order valence-corrected chi connectivity index (χ2v) is 12.8. The number of ether oxygens (including phenoxy) is 2. The minimum absolute atomic E-state index is 0.00564. The maximum Gasteiger partial charge on any atom is 0.341 e. The van der Waals surface area contributed by atoms with Gasteiger partial charge in [0.05, 0.1) is 28.3 Å². The Hall–Kier alpha value is -2.85. The van der Waals surface area contributed by atoms with Gasteiger partial charge in [0.25, 0.3) is 0 Å². The Balaban J connectivity index is 1.29. The first-order valence-corrected chi connectivity index (χ1v) is 14.8. The molecule has 2 aromatic rings. The van der Waals surface area contributed by atoms with E-state index >= 15 is 0 Å². The van der Waals surface area contributed by atoms with Crippen molar-refractivity contribution in [1.82, 2.24) is 4.90 Å². The van der Waals surface area contributed by atoms with Gasteiger partial charge >= 0.3 is 5.97 Å². The normalized spacial score (nSPS) is 31.3. The number of hydrogen-bond acceptors (Lipinski definition) is 8. The fraction of sp³-hybridized carbons (Fsp3) is 0.500. The number of anilines is 1. The topological polar surface area (TPSA) is 125 Å². The molecule has 2 saturated carbocycles. The zero-order chi connectivity index (χ0) is 28.8. The summed E-state index contributed by atoms with van der Waals surface area (Å²) in [6.45, 7) is 3.28. The smallest absolute Gasteiger partial charge is 0.341 e. The molecule has 1 unspecified atom stereocenters. The van der Waals surface area contributed by atoms with Gasteiger partial charge in [-0.05, 0) is 75.3 Å². The molecular weight excluding hydrogens is 571 g/mol. The SMILES string of the molecule is CCOC(=O)c1c(Cl)cc(Cl)cc1NC(=O)C1C[C@@]2(O)[C@H]3Cc4ccc(O)c5c4[C@@]2(CCN3CC2CC2)[C@@H](O5)C1=O. The van der Waals surface area contributed by atoms with E-state index in [1.54, 1.807) is 13.0 Å². The number of phenolic OH excluding ortho intramolecular Hbond substituents is 1. The molecule has 3 N–H and O–H groups in total. The van der Waals surface area contributed by atoms with Crippen LogP contribution in [0.1, 0.15) is 54.1 Å². The number of carbonyl (C=O) groups excluding carboxylic acids is 3. The monoisotopic (exact) mass is 600 g/mol. The summed E-state index contributed by atoms with van der Waals surface area (Å²) in [5, 5.41) is 26.3. The van der Waals surface area contributed by atoms with Crippen molar-refractivity contribution >= 4 is 46.5 Å². The van der Waals surface area contributed by atoms with Crippen molar-refractivity contribution in [3.8, 4) is 11.5 Å². The van der Waals surface area contributed by atoms with E-state index in [1.165, 1.54) is 12.1 Å². The van der Waals surface area contributed by atoms with Crippen LogP contribution in [0.25, 0.3) is 0 Å². The van der Waals surface area contributed by atoms with Gasteiger partial charge in [0, 0.05) is 23.2 Å². The molecule has 1 spiro atoms. The van der Waals surface area contributed by atoms with Crippen molar-refractivity contribution in [2.45, 2.75) is 62.2 Å². The van der Waals surface area contributed by atoms with Crippen LogP contribution in [0.5, 0.6) is 11.5 Å². The molecule has 1 saturated heterocycles. The molecule has 0 radical (unpaired) electrons. The van der Waals surface area contributed by atoms with Crippen molar-refractivity contribution in [3.05, 3.63) is 51.0 Å². The number of aliphatic hydroxyl groups is 1. The third-order valence-corrected chi connectivity index (χ3v) is 10.3. The van der Waals surface area contributed by atoms with E-state index in [4.69, 9.17) is 32.7 Å². The lowest BCUT2D eigenvalue weighted by molar-refractivity contribution is -0.197. The number of phenols is 1. The zero-order valence-electron chi connectivity index (χ0n) is 22.4. The van der Waals surface area contributed by atoms with E-state index in [2.05, 4.69) is 10.2 Å². The Morgan fingerprint density at radius 1 is 1.24 bits per heavy atom. The van der Waals surface area contributed by atoms with Crippen LogP contribution in [0.15, 0.2) is 24.3 Å². The maximum absolute atomic E-state index is 14.1. The number of likely N-dealkylation sites (tertiary alicyclic amines) is 1. The van der Waals surface area contributed by atoms with Gasteiger partial charge in [-0.1, -0.05) is 29.3 Å². The number of aromatic hydroxyl groups is 1. The quantitative estimate of drug-likeness (QED) is 0.337. The number of rotatable bonds is 6. The minimum atomic E-state index is -1.47. The van der Waals surface area contributed by atoms with Crippen molar-refractivity contribution in [2.24, 2.45) is 11.8 Å². The predicted octanol–water partition coefficient (Wildman–Crippen LogP) is 3.87. The first-order valence-electron chi connectivity index (χ1n) is 14.1. The van der Waals surface area contributed by atoms with Gasteiger partial charge in [-0.2, -0.15) is 0 Å². The molecule has 9 nitrogen and oxygen atoms in total. The lowest BCUT2D eigenvalue weighted by Gasteiger charge is -2.63. The molecule has 5 atom stereocenters. The zero-order valence-corrected chi connectivity index (χ0v) is 23.9. The lowest BCUT2D eigenvalue weighted by Crippen LogP contribution is -2.78. The Kier molecular flexibility index (Phi) is 6.14. The van der Waals surface area contributed by atoms with Crippen LogP contribution in [-0.4, -0.2) is 70.2 Å². The van der Waals surface area contributed by atoms with Crippen LogP contribution >= 0.6 is 23.2 Å². The molecular formula is C30H30Cl2N2O7. The van der Waals surface area contributed by atoms with Gasteiger partial charge in [0.1, 0.15) is 11.5 Å². The third kappa shape index (κ3) is 3.78. The third-order valence-electron chi connectivity index (χ3n) is 9.74. The van der Waals surface area contributed by atoms with Crippen molar-refractivity contribution in [2.75, 3.05) is 25.0 Å². The lowest BCUT2D eigenvalue weighted by atomic mass is 9.47. The van der Waals surface area contributed by atoms with E-state index in [1.807, 2.05) is 6.07 Å². The summed E-state index contributed by atoms with van der Waals surface area (Å²) >= 11 is 12.5. The van der Waals surface area contributed by atoms with E-state index in [0.29, 0.717) is 30.9 Å². The molecule has 2 aliphatic heterocycles. The number of Topliss-reactive ketones (excluding diaryl/α,β-unsaturated/α-hetero) is 1. The van der Waals surface area contributed by atoms with Crippen LogP contribution in [0, 0.1) is 11.8 Å². The summed E-state index contributed by atoms with van der Waals surface area (Å²) in [4.78, 5) is 43.0. The Labute approximate surface area is 246 Å². The molecule has 1 amide bonds. The van der Waals surface area contributed by atoms with Gasteiger partial charge in [-0.25, -0.2) is 4.79 Å². The Bertz CT molecular complexity index is 1510.